The zero-order valence-electron chi connectivity index (χ0n) is 14.5. The van der Waals surface area contributed by atoms with Gasteiger partial charge in [0.15, 0.2) is 0 Å². The number of fused-ring (bicyclic) bond motifs is 1. The number of para-hydroxylation sites is 3. The number of hydrogen-bond acceptors (Lipinski definition) is 2. The van der Waals surface area contributed by atoms with Crippen LogP contribution in [-0.2, 0) is 6.54 Å². The Hall–Kier alpha value is -2.78. The van der Waals surface area contributed by atoms with E-state index < -0.39 is 0 Å². The first kappa shape index (κ1) is 16.7. The second kappa shape index (κ2) is 7.22. The molecule has 0 unspecified atom stereocenters. The summed E-state index contributed by atoms with van der Waals surface area (Å²) in [4.78, 5) is 4.82. The molecule has 4 heteroatoms. The quantitative estimate of drug-likeness (QED) is 0.452. The third kappa shape index (κ3) is 3.31. The summed E-state index contributed by atoms with van der Waals surface area (Å²) in [5.74, 6) is 1.85. The van der Waals surface area contributed by atoms with E-state index in [0.29, 0.717) is 13.2 Å². The smallest absolute Gasteiger partial charge is 0.141 e. The van der Waals surface area contributed by atoms with Gasteiger partial charge in [-0.1, -0.05) is 41.9 Å². The number of hydrogen-bond donors (Lipinski definition) is 0. The summed E-state index contributed by atoms with van der Waals surface area (Å²) in [5, 5.41) is 0.722. The minimum atomic E-state index is 0.575. The molecule has 4 rings (SSSR count). The molecule has 0 amide bonds. The fraction of sp³-hybridized carbons (Fsp3) is 0.136. The van der Waals surface area contributed by atoms with Crippen LogP contribution in [0.1, 0.15) is 5.56 Å². The van der Waals surface area contributed by atoms with Gasteiger partial charge in [0, 0.05) is 10.6 Å². The molecule has 0 saturated heterocycles. The van der Waals surface area contributed by atoms with Crippen LogP contribution in [0.3, 0.4) is 0 Å². The van der Waals surface area contributed by atoms with Gasteiger partial charge in [0.05, 0.1) is 17.6 Å². The third-order valence-corrected chi connectivity index (χ3v) is 4.67. The molecule has 1 heterocycles. The first-order valence-electron chi connectivity index (χ1n) is 8.62. The summed E-state index contributed by atoms with van der Waals surface area (Å²) in [6.07, 6.45) is 0. The van der Waals surface area contributed by atoms with Gasteiger partial charge in [-0.3, -0.25) is 0 Å². The molecule has 3 aromatic carbocycles. The molecule has 4 aromatic rings. The zero-order valence-corrected chi connectivity index (χ0v) is 15.3. The van der Waals surface area contributed by atoms with Gasteiger partial charge in [0.2, 0.25) is 0 Å². The van der Waals surface area contributed by atoms with E-state index in [-0.39, 0.29) is 0 Å². The number of aromatic nitrogens is 2. The highest BCUT2D eigenvalue weighted by Gasteiger charge is 2.12. The molecule has 0 saturated carbocycles. The van der Waals surface area contributed by atoms with Crippen LogP contribution in [0.4, 0.5) is 0 Å². The molecule has 0 fully saturated rings. The lowest BCUT2D eigenvalue weighted by Crippen LogP contribution is -2.10. The Bertz CT molecular complexity index is 1040. The van der Waals surface area contributed by atoms with Gasteiger partial charge in [-0.05, 0) is 55.0 Å². The highest BCUT2D eigenvalue weighted by molar-refractivity contribution is 6.30. The average Bonchev–Trinajstić information content (AvgIpc) is 3.03. The van der Waals surface area contributed by atoms with Crippen molar-refractivity contribution in [1.82, 2.24) is 9.55 Å². The highest BCUT2D eigenvalue weighted by atomic mass is 35.5. The molecule has 130 valence electrons. The summed E-state index contributed by atoms with van der Waals surface area (Å²) in [6, 6.07) is 24.0. The van der Waals surface area contributed by atoms with Crippen LogP contribution in [0.2, 0.25) is 5.02 Å². The van der Waals surface area contributed by atoms with E-state index in [1.165, 1.54) is 0 Å². The van der Waals surface area contributed by atoms with E-state index in [1.807, 2.05) is 60.7 Å². The number of nitrogens with zero attached hydrogens (tertiary/aromatic N) is 2. The van der Waals surface area contributed by atoms with Crippen molar-refractivity contribution in [1.29, 1.82) is 0 Å². The average molecular weight is 363 g/mol. The maximum Gasteiger partial charge on any atom is 0.141 e. The lowest BCUT2D eigenvalue weighted by atomic mass is 10.2. The summed E-state index contributed by atoms with van der Waals surface area (Å²) in [5.41, 5.74) is 4.27. The zero-order chi connectivity index (χ0) is 17.9. The molecule has 0 N–H and O–H groups in total. The van der Waals surface area contributed by atoms with Crippen LogP contribution >= 0.6 is 11.6 Å². The van der Waals surface area contributed by atoms with Gasteiger partial charge >= 0.3 is 0 Å². The van der Waals surface area contributed by atoms with E-state index in [1.54, 1.807) is 0 Å². The maximum absolute atomic E-state index is 6.04. The van der Waals surface area contributed by atoms with E-state index in [0.717, 1.165) is 38.8 Å². The molecule has 0 aliphatic heterocycles. The molecule has 0 aliphatic carbocycles. The Kier molecular flexibility index (Phi) is 4.63. The number of benzene rings is 3. The summed E-state index contributed by atoms with van der Waals surface area (Å²) < 4.78 is 8.20. The van der Waals surface area contributed by atoms with Crippen molar-refractivity contribution in [3.8, 4) is 17.1 Å². The fourth-order valence-corrected chi connectivity index (χ4v) is 3.21. The van der Waals surface area contributed by atoms with Crippen molar-refractivity contribution in [3.05, 3.63) is 83.4 Å². The minimum absolute atomic E-state index is 0.575. The largest absolute Gasteiger partial charge is 0.491 e. The van der Waals surface area contributed by atoms with Gasteiger partial charge < -0.3 is 9.30 Å². The molecule has 0 bridgehead atoms. The number of halogens is 1. The normalized spacial score (nSPS) is 11.0. The topological polar surface area (TPSA) is 27.1 Å². The van der Waals surface area contributed by atoms with Gasteiger partial charge in [-0.25, -0.2) is 4.98 Å². The monoisotopic (exact) mass is 362 g/mol. The molecule has 0 atom stereocenters. The first-order valence-corrected chi connectivity index (χ1v) is 9.00. The SMILES string of the molecule is Cc1ccccc1OCCn1c(-c2ccc(Cl)cc2)nc2ccccc21. The molecule has 0 aliphatic rings. The fourth-order valence-electron chi connectivity index (χ4n) is 3.09. The highest BCUT2D eigenvalue weighted by Crippen LogP contribution is 2.26. The van der Waals surface area contributed by atoms with Crippen molar-refractivity contribution in [2.45, 2.75) is 13.5 Å². The number of imidazole rings is 1. The second-order valence-electron chi connectivity index (χ2n) is 6.20. The Balaban J connectivity index is 1.65. The third-order valence-electron chi connectivity index (χ3n) is 4.42. The van der Waals surface area contributed by atoms with Crippen molar-refractivity contribution >= 4 is 22.6 Å². The van der Waals surface area contributed by atoms with Gasteiger partial charge in [-0.2, -0.15) is 0 Å². The number of rotatable bonds is 5. The molecule has 0 spiro atoms. The standard InChI is InChI=1S/C22H19ClN2O/c1-16-6-2-5-9-21(16)26-15-14-25-20-8-4-3-7-19(20)24-22(25)17-10-12-18(23)13-11-17/h2-13H,14-15H2,1H3. The van der Waals surface area contributed by atoms with Crippen LogP contribution in [0.15, 0.2) is 72.8 Å². The minimum Gasteiger partial charge on any atom is -0.491 e. The lowest BCUT2D eigenvalue weighted by Gasteiger charge is -2.12. The Morgan fingerprint density at radius 2 is 1.65 bits per heavy atom. The maximum atomic E-state index is 6.04. The Morgan fingerprint density at radius 3 is 2.46 bits per heavy atom. The molecule has 3 nitrogen and oxygen atoms in total. The van der Waals surface area contributed by atoms with Crippen molar-refractivity contribution in [2.75, 3.05) is 6.61 Å². The molecule has 1 aromatic heterocycles. The summed E-state index contributed by atoms with van der Waals surface area (Å²) in [7, 11) is 0. The van der Waals surface area contributed by atoms with Gasteiger partial charge in [-0.15, -0.1) is 0 Å². The van der Waals surface area contributed by atoms with E-state index >= 15 is 0 Å². The van der Waals surface area contributed by atoms with Crippen LogP contribution in [0.5, 0.6) is 5.75 Å². The first-order chi connectivity index (χ1) is 12.7. The number of ether oxygens (including phenoxy) is 1. The molecule has 0 radical (unpaired) electrons. The molecule has 26 heavy (non-hydrogen) atoms. The van der Waals surface area contributed by atoms with E-state index in [4.69, 9.17) is 21.3 Å². The van der Waals surface area contributed by atoms with Crippen LogP contribution in [0, 0.1) is 6.92 Å². The van der Waals surface area contributed by atoms with Crippen LogP contribution in [0.25, 0.3) is 22.4 Å². The second-order valence-corrected chi connectivity index (χ2v) is 6.63. The van der Waals surface area contributed by atoms with Gasteiger partial charge in [0.1, 0.15) is 18.2 Å². The van der Waals surface area contributed by atoms with Gasteiger partial charge in [0.25, 0.3) is 0 Å². The predicted molar refractivity (Wildman–Crippen MR) is 107 cm³/mol. The van der Waals surface area contributed by atoms with E-state index in [9.17, 15) is 0 Å². The van der Waals surface area contributed by atoms with E-state index in [2.05, 4.69) is 23.6 Å². The molecular formula is C22H19ClN2O. The summed E-state index contributed by atoms with van der Waals surface area (Å²) >= 11 is 6.04. The Labute approximate surface area is 157 Å². The number of aryl methyl sites for hydroxylation is 1. The van der Waals surface area contributed by atoms with Crippen LogP contribution < -0.4 is 4.74 Å². The molecular weight excluding hydrogens is 344 g/mol. The Morgan fingerprint density at radius 1 is 0.923 bits per heavy atom. The van der Waals surface area contributed by atoms with Crippen LogP contribution in [-0.4, -0.2) is 16.2 Å². The van der Waals surface area contributed by atoms with Crippen molar-refractivity contribution in [2.24, 2.45) is 0 Å². The van der Waals surface area contributed by atoms with Crippen molar-refractivity contribution < 1.29 is 4.74 Å². The summed E-state index contributed by atoms with van der Waals surface area (Å²) in [6.45, 7) is 3.35. The lowest BCUT2D eigenvalue weighted by molar-refractivity contribution is 0.299. The predicted octanol–water partition coefficient (Wildman–Crippen LogP) is 5.74. The van der Waals surface area contributed by atoms with Crippen molar-refractivity contribution in [3.63, 3.8) is 0 Å².